The van der Waals surface area contributed by atoms with Gasteiger partial charge in [0.2, 0.25) is 5.91 Å². The molecule has 2 N–H and O–H groups in total. The first-order valence-electron chi connectivity index (χ1n) is 8.84. The fraction of sp³-hybridized carbons (Fsp3) is 0.632. The molecule has 1 amide bonds. The Morgan fingerprint density at radius 3 is 2.58 bits per heavy atom. The van der Waals surface area contributed by atoms with E-state index in [-0.39, 0.29) is 36.3 Å². The zero-order valence-corrected chi connectivity index (χ0v) is 15.2. The van der Waals surface area contributed by atoms with Crippen molar-refractivity contribution < 1.29 is 9.53 Å². The van der Waals surface area contributed by atoms with Crippen LogP contribution in [0.4, 0.5) is 0 Å². The van der Waals surface area contributed by atoms with Crippen molar-refractivity contribution >= 4 is 18.3 Å². The van der Waals surface area contributed by atoms with Gasteiger partial charge in [0.1, 0.15) is 0 Å². The minimum Gasteiger partial charge on any atom is -0.381 e. The maximum absolute atomic E-state index is 12.8. The predicted octanol–water partition coefficient (Wildman–Crippen LogP) is 2.64. The second-order valence-electron chi connectivity index (χ2n) is 6.99. The number of nitrogens with zero attached hydrogens (tertiary/aromatic N) is 1. The molecule has 2 heterocycles. The van der Waals surface area contributed by atoms with Gasteiger partial charge in [-0.05, 0) is 50.0 Å². The lowest BCUT2D eigenvalue weighted by Gasteiger charge is -2.32. The van der Waals surface area contributed by atoms with E-state index in [1.54, 1.807) is 0 Å². The maximum Gasteiger partial charge on any atom is 0.240 e. The van der Waals surface area contributed by atoms with Crippen LogP contribution in [0.15, 0.2) is 30.3 Å². The van der Waals surface area contributed by atoms with Gasteiger partial charge in [-0.3, -0.25) is 4.79 Å². The molecule has 1 aromatic rings. The van der Waals surface area contributed by atoms with Gasteiger partial charge in [-0.1, -0.05) is 30.3 Å². The van der Waals surface area contributed by atoms with E-state index in [4.69, 9.17) is 10.5 Å². The van der Waals surface area contributed by atoms with Gasteiger partial charge < -0.3 is 15.4 Å². The molecule has 0 radical (unpaired) electrons. The van der Waals surface area contributed by atoms with Gasteiger partial charge in [0, 0.05) is 25.8 Å². The number of benzene rings is 1. The topological polar surface area (TPSA) is 55.6 Å². The molecule has 0 aromatic heterocycles. The average Bonchev–Trinajstić information content (AvgIpc) is 2.96. The molecule has 0 spiro atoms. The second-order valence-corrected chi connectivity index (χ2v) is 6.99. The smallest absolute Gasteiger partial charge is 0.240 e. The zero-order chi connectivity index (χ0) is 16.2. The monoisotopic (exact) mass is 352 g/mol. The Hall–Kier alpha value is -1.10. The van der Waals surface area contributed by atoms with Crippen molar-refractivity contribution in [3.8, 4) is 0 Å². The van der Waals surface area contributed by atoms with Crippen LogP contribution in [0.25, 0.3) is 0 Å². The van der Waals surface area contributed by atoms with Crippen LogP contribution in [0, 0.1) is 11.8 Å². The Kier molecular flexibility index (Phi) is 7.08. The van der Waals surface area contributed by atoms with E-state index in [0.717, 1.165) is 45.4 Å². The lowest BCUT2D eigenvalue weighted by molar-refractivity contribution is -0.135. The van der Waals surface area contributed by atoms with Crippen LogP contribution in [-0.2, 0) is 16.0 Å². The Morgan fingerprint density at radius 1 is 1.25 bits per heavy atom. The molecular weight excluding hydrogens is 324 g/mol. The van der Waals surface area contributed by atoms with E-state index >= 15 is 0 Å². The van der Waals surface area contributed by atoms with E-state index in [1.165, 1.54) is 5.56 Å². The quantitative estimate of drug-likeness (QED) is 0.906. The van der Waals surface area contributed by atoms with Gasteiger partial charge in [0.15, 0.2) is 0 Å². The molecule has 3 rings (SSSR count). The fourth-order valence-electron chi connectivity index (χ4n) is 3.97. The number of carbonyl (C=O) groups excluding carboxylic acids is 1. The summed E-state index contributed by atoms with van der Waals surface area (Å²) in [6, 6.07) is 10.5. The molecule has 4 nitrogen and oxygen atoms in total. The fourth-order valence-corrected chi connectivity index (χ4v) is 3.97. The third-order valence-corrected chi connectivity index (χ3v) is 5.60. The zero-order valence-electron chi connectivity index (χ0n) is 14.4. The number of carbonyl (C=O) groups is 1. The first-order valence-corrected chi connectivity index (χ1v) is 8.84. The molecule has 0 aliphatic carbocycles. The Morgan fingerprint density at radius 2 is 1.92 bits per heavy atom. The summed E-state index contributed by atoms with van der Waals surface area (Å²) in [4.78, 5) is 14.8. The van der Waals surface area contributed by atoms with Crippen molar-refractivity contribution in [3.05, 3.63) is 35.9 Å². The minimum atomic E-state index is -0.364. The molecule has 2 saturated heterocycles. The summed E-state index contributed by atoms with van der Waals surface area (Å²) in [7, 11) is 0. The lowest BCUT2D eigenvalue weighted by atomic mass is 9.90. The molecule has 24 heavy (non-hydrogen) atoms. The van der Waals surface area contributed by atoms with Gasteiger partial charge in [0.05, 0.1) is 6.04 Å². The van der Waals surface area contributed by atoms with Crippen molar-refractivity contribution in [2.75, 3.05) is 19.8 Å². The summed E-state index contributed by atoms with van der Waals surface area (Å²) < 4.78 is 5.38. The molecule has 2 aliphatic heterocycles. The van der Waals surface area contributed by atoms with Crippen LogP contribution in [0.3, 0.4) is 0 Å². The van der Waals surface area contributed by atoms with Crippen LogP contribution >= 0.6 is 12.4 Å². The number of halogens is 1. The number of hydrogen-bond donors (Lipinski definition) is 1. The van der Waals surface area contributed by atoms with Crippen molar-refractivity contribution in [1.82, 2.24) is 4.90 Å². The summed E-state index contributed by atoms with van der Waals surface area (Å²) in [6.45, 7) is 4.49. The highest BCUT2D eigenvalue weighted by atomic mass is 35.5. The second kappa shape index (κ2) is 8.84. The standard InChI is InChI=1S/C19H28N2O2.ClH/c1-14-17(13-15-5-3-2-4-6-15)7-10-21(14)19(22)18(20)16-8-11-23-12-9-16;/h2-6,14,16-18H,7-13,20H2,1H3;1H. The summed E-state index contributed by atoms with van der Waals surface area (Å²) in [5.74, 6) is 0.944. The molecule has 0 bridgehead atoms. The first kappa shape index (κ1) is 19.2. The van der Waals surface area contributed by atoms with Gasteiger partial charge >= 0.3 is 0 Å². The maximum atomic E-state index is 12.8. The van der Waals surface area contributed by atoms with Crippen LogP contribution in [0.5, 0.6) is 0 Å². The normalized spacial score (nSPS) is 26.0. The minimum absolute atomic E-state index is 0. The summed E-state index contributed by atoms with van der Waals surface area (Å²) in [5.41, 5.74) is 7.64. The molecule has 3 unspecified atom stereocenters. The molecule has 0 saturated carbocycles. The van der Waals surface area contributed by atoms with Crippen LogP contribution in [0.1, 0.15) is 31.7 Å². The van der Waals surface area contributed by atoms with E-state index in [9.17, 15) is 4.79 Å². The van der Waals surface area contributed by atoms with E-state index < -0.39 is 0 Å². The number of ether oxygens (including phenoxy) is 1. The largest absolute Gasteiger partial charge is 0.381 e. The molecule has 5 heteroatoms. The number of hydrogen-bond acceptors (Lipinski definition) is 3. The highest BCUT2D eigenvalue weighted by Crippen LogP contribution is 2.29. The number of amides is 1. The Balaban J connectivity index is 0.00000208. The van der Waals surface area contributed by atoms with Crippen LogP contribution in [-0.4, -0.2) is 42.6 Å². The van der Waals surface area contributed by atoms with Crippen molar-refractivity contribution in [3.63, 3.8) is 0 Å². The summed E-state index contributed by atoms with van der Waals surface area (Å²) >= 11 is 0. The van der Waals surface area contributed by atoms with Crippen LogP contribution < -0.4 is 5.73 Å². The summed E-state index contributed by atoms with van der Waals surface area (Å²) in [5, 5.41) is 0. The van der Waals surface area contributed by atoms with Crippen LogP contribution in [0.2, 0.25) is 0 Å². The summed E-state index contributed by atoms with van der Waals surface area (Å²) in [6.07, 6.45) is 3.92. The van der Waals surface area contributed by atoms with Gasteiger partial charge in [0.25, 0.3) is 0 Å². The van der Waals surface area contributed by atoms with Crippen molar-refractivity contribution in [2.24, 2.45) is 17.6 Å². The van der Waals surface area contributed by atoms with Crippen molar-refractivity contribution in [2.45, 2.75) is 44.7 Å². The molecule has 1 aromatic carbocycles. The Labute approximate surface area is 151 Å². The highest BCUT2D eigenvalue weighted by molar-refractivity contribution is 5.85. The average molecular weight is 353 g/mol. The molecule has 3 atom stereocenters. The predicted molar refractivity (Wildman–Crippen MR) is 98.2 cm³/mol. The van der Waals surface area contributed by atoms with Gasteiger partial charge in [-0.15, -0.1) is 12.4 Å². The first-order chi connectivity index (χ1) is 11.2. The third kappa shape index (κ3) is 4.29. The lowest BCUT2D eigenvalue weighted by Crippen LogP contribution is -2.50. The Bertz CT molecular complexity index is 519. The van der Waals surface area contributed by atoms with Gasteiger partial charge in [-0.25, -0.2) is 0 Å². The number of likely N-dealkylation sites (tertiary alicyclic amines) is 1. The van der Waals surface area contributed by atoms with E-state index in [1.807, 2.05) is 11.0 Å². The molecule has 2 fully saturated rings. The van der Waals surface area contributed by atoms with E-state index in [2.05, 4.69) is 31.2 Å². The molecular formula is C19H29ClN2O2. The molecule has 134 valence electrons. The molecule has 2 aliphatic rings. The SMILES string of the molecule is CC1C(Cc2ccccc2)CCN1C(=O)C(N)C1CCOCC1.Cl. The van der Waals surface area contributed by atoms with E-state index in [0.29, 0.717) is 5.92 Å². The van der Waals surface area contributed by atoms with Crippen molar-refractivity contribution in [1.29, 1.82) is 0 Å². The van der Waals surface area contributed by atoms with Gasteiger partial charge in [-0.2, -0.15) is 0 Å². The third-order valence-electron chi connectivity index (χ3n) is 5.60. The highest BCUT2D eigenvalue weighted by Gasteiger charge is 2.38. The number of nitrogens with two attached hydrogens (primary N) is 1. The number of rotatable bonds is 4.